The number of hydrogen-bond acceptors (Lipinski definition) is 0. The van der Waals surface area contributed by atoms with Gasteiger partial charge >= 0.3 is 131 Å². The fourth-order valence-electron chi connectivity index (χ4n) is 3.87. The Labute approximate surface area is 179 Å². The molecule has 144 valence electrons. The zero-order chi connectivity index (χ0) is 20.4. The van der Waals surface area contributed by atoms with Crippen LogP contribution in [0.15, 0.2) is 128 Å². The Morgan fingerprint density at radius 2 is 0.862 bits per heavy atom. The summed E-state index contributed by atoms with van der Waals surface area (Å²) in [5.41, 5.74) is 1.17. The molecule has 0 aromatic heterocycles. The number of benzene rings is 4. The average molecular weight is 483 g/mol. The van der Waals surface area contributed by atoms with E-state index in [9.17, 15) is 0 Å². The minimum absolute atomic E-state index is 1.17. The first-order chi connectivity index (χ1) is 14.3. The molecule has 4 rings (SSSR count). The molecular formula is C28H28Sn. The summed E-state index contributed by atoms with van der Waals surface area (Å²) in [5, 5.41) is 0. The van der Waals surface area contributed by atoms with E-state index in [0.717, 1.165) is 0 Å². The van der Waals surface area contributed by atoms with Gasteiger partial charge in [-0.25, -0.2) is 0 Å². The molecule has 0 nitrogen and oxygen atoms in total. The maximum atomic E-state index is 3.63. The molecule has 4 aromatic rings. The van der Waals surface area contributed by atoms with E-state index in [1.54, 1.807) is 10.7 Å². The van der Waals surface area contributed by atoms with Gasteiger partial charge in [0, 0.05) is 0 Å². The van der Waals surface area contributed by atoms with Gasteiger partial charge in [0.25, 0.3) is 0 Å². The van der Waals surface area contributed by atoms with Crippen molar-refractivity contribution in [2.75, 3.05) is 0 Å². The van der Waals surface area contributed by atoms with Gasteiger partial charge in [-0.05, 0) is 5.56 Å². The van der Waals surface area contributed by atoms with E-state index in [0.29, 0.717) is 0 Å². The molecule has 0 heterocycles. The molecule has 0 spiro atoms. The van der Waals surface area contributed by atoms with E-state index < -0.39 is 18.4 Å². The molecule has 4 aromatic carbocycles. The summed E-state index contributed by atoms with van der Waals surface area (Å²) < 4.78 is 5.93. The second-order valence-corrected chi connectivity index (χ2v) is 19.1. The zero-order valence-electron chi connectivity index (χ0n) is 17.0. The number of rotatable bonds is 5. The monoisotopic (exact) mass is 484 g/mol. The van der Waals surface area contributed by atoms with Crippen LogP contribution >= 0.6 is 0 Å². The van der Waals surface area contributed by atoms with Crippen LogP contribution in [0.25, 0.3) is 6.08 Å². The van der Waals surface area contributed by atoms with Gasteiger partial charge in [-0.15, -0.1) is 0 Å². The second kappa shape index (κ2) is 10.8. The van der Waals surface area contributed by atoms with Crippen molar-refractivity contribution < 1.29 is 0 Å². The molecule has 0 saturated carbocycles. The first-order valence-electron chi connectivity index (χ1n) is 10.2. The van der Waals surface area contributed by atoms with Gasteiger partial charge in [-0.2, -0.15) is 0 Å². The summed E-state index contributed by atoms with van der Waals surface area (Å²) in [4.78, 5) is 0. The van der Waals surface area contributed by atoms with E-state index in [1.165, 1.54) is 10.0 Å². The maximum absolute atomic E-state index is 3.63. The van der Waals surface area contributed by atoms with E-state index in [4.69, 9.17) is 0 Å². The third kappa shape index (κ3) is 5.07. The molecule has 0 N–H and O–H groups in total. The zero-order valence-corrected chi connectivity index (χ0v) is 19.9. The summed E-state index contributed by atoms with van der Waals surface area (Å²) in [6, 6.07) is 43.5. The van der Waals surface area contributed by atoms with Gasteiger partial charge in [-0.1, -0.05) is 43.0 Å². The van der Waals surface area contributed by atoms with Gasteiger partial charge in [0.15, 0.2) is 0 Å². The van der Waals surface area contributed by atoms with E-state index in [-0.39, 0.29) is 0 Å². The van der Waals surface area contributed by atoms with Gasteiger partial charge in [0.05, 0.1) is 0 Å². The summed E-state index contributed by atoms with van der Waals surface area (Å²) in [6.45, 7) is 6.00. The molecular weight excluding hydrogens is 455 g/mol. The minimum atomic E-state index is -2.83. The van der Waals surface area contributed by atoms with Crippen LogP contribution < -0.4 is 10.7 Å². The standard InChI is InChI=1S/C8H8.3C6H5.C2H5.Sn/c1-2-8-6-4-3-5-7-8;3*1-2-4-6-5-3-1;1-2;/h2-7H,1H2;3*1-5H;1H2,2H3;. The third-order valence-electron chi connectivity index (χ3n) is 5.37. The first-order valence-corrected chi connectivity index (χ1v) is 16.4. The third-order valence-corrected chi connectivity index (χ3v) is 19.7. The first kappa shape index (κ1) is 21.1. The predicted molar refractivity (Wildman–Crippen MR) is 131 cm³/mol. The van der Waals surface area contributed by atoms with Crippen molar-refractivity contribution in [1.82, 2.24) is 0 Å². The van der Waals surface area contributed by atoms with Crippen LogP contribution in [0.5, 0.6) is 0 Å². The Hall–Kier alpha value is -2.58. The molecule has 0 atom stereocenters. The summed E-state index contributed by atoms with van der Waals surface area (Å²) in [6.07, 6.45) is 1.83. The second-order valence-electron chi connectivity index (χ2n) is 6.97. The normalized spacial score (nSPS) is 10.5. The molecule has 0 fully saturated rings. The van der Waals surface area contributed by atoms with Gasteiger partial charge in [0.1, 0.15) is 0 Å². The van der Waals surface area contributed by atoms with Gasteiger partial charge < -0.3 is 0 Å². The van der Waals surface area contributed by atoms with E-state index in [1.807, 2.05) is 36.4 Å². The Kier molecular flexibility index (Phi) is 7.89. The Morgan fingerprint density at radius 3 is 1.10 bits per heavy atom. The summed E-state index contributed by atoms with van der Waals surface area (Å²) >= 11 is -2.83. The molecule has 0 radical (unpaired) electrons. The predicted octanol–water partition coefficient (Wildman–Crippen LogP) is 5.51. The van der Waals surface area contributed by atoms with Crippen LogP contribution in [-0.4, -0.2) is 18.4 Å². The van der Waals surface area contributed by atoms with Crippen LogP contribution in [-0.2, 0) is 0 Å². The van der Waals surface area contributed by atoms with Gasteiger partial charge in [-0.3, -0.25) is 0 Å². The van der Waals surface area contributed by atoms with Crippen LogP contribution in [0, 0.1) is 0 Å². The average Bonchev–Trinajstić information content (AvgIpc) is 2.83. The molecule has 1 heteroatoms. The summed E-state index contributed by atoms with van der Waals surface area (Å²) in [7, 11) is 0. The van der Waals surface area contributed by atoms with Crippen molar-refractivity contribution in [3.63, 3.8) is 0 Å². The molecule has 0 aliphatic rings. The van der Waals surface area contributed by atoms with Crippen molar-refractivity contribution in [3.05, 3.63) is 133 Å². The van der Waals surface area contributed by atoms with Crippen LogP contribution in [0.4, 0.5) is 0 Å². The quantitative estimate of drug-likeness (QED) is 0.329. The van der Waals surface area contributed by atoms with Crippen LogP contribution in [0.3, 0.4) is 0 Å². The SMILES string of the molecule is C=Cc1ccccc1.C[CH2][Sn]([c]1ccccc1)([c]1ccccc1)[c]1ccccc1. The van der Waals surface area contributed by atoms with Crippen molar-refractivity contribution in [3.8, 4) is 0 Å². The fraction of sp³-hybridized carbons (Fsp3) is 0.0714. The Bertz CT molecular complexity index is 881. The Balaban J connectivity index is 0.000000252. The van der Waals surface area contributed by atoms with Crippen molar-refractivity contribution in [1.29, 1.82) is 0 Å². The number of hydrogen-bond donors (Lipinski definition) is 0. The van der Waals surface area contributed by atoms with Crippen LogP contribution in [0.2, 0.25) is 4.44 Å². The van der Waals surface area contributed by atoms with E-state index in [2.05, 4.69) is 104 Å². The molecule has 29 heavy (non-hydrogen) atoms. The molecule has 0 saturated heterocycles. The van der Waals surface area contributed by atoms with Crippen molar-refractivity contribution >= 4 is 35.2 Å². The van der Waals surface area contributed by atoms with Crippen molar-refractivity contribution in [2.24, 2.45) is 0 Å². The molecule has 0 aliphatic heterocycles. The molecule has 0 aliphatic carbocycles. The molecule has 0 amide bonds. The molecule has 0 bridgehead atoms. The van der Waals surface area contributed by atoms with E-state index >= 15 is 0 Å². The van der Waals surface area contributed by atoms with Crippen molar-refractivity contribution in [2.45, 2.75) is 11.4 Å². The van der Waals surface area contributed by atoms with Crippen LogP contribution in [0.1, 0.15) is 12.5 Å². The fourth-order valence-corrected chi connectivity index (χ4v) is 16.7. The molecule has 0 unspecified atom stereocenters. The summed E-state index contributed by atoms with van der Waals surface area (Å²) in [5.74, 6) is 0. The topological polar surface area (TPSA) is 0 Å². The van der Waals surface area contributed by atoms with Gasteiger partial charge in [0.2, 0.25) is 0 Å². The Morgan fingerprint density at radius 1 is 0.552 bits per heavy atom.